The van der Waals surface area contributed by atoms with E-state index in [2.05, 4.69) is 28.8 Å². The number of nitrogens with zero attached hydrogens (tertiary/aromatic N) is 1. The first-order valence-corrected chi connectivity index (χ1v) is 4.21. The Labute approximate surface area is 75.0 Å². The molecule has 1 radical (unpaired) electrons. The van der Waals surface area contributed by atoms with E-state index in [4.69, 9.17) is 0 Å². The number of unbranched alkanes of at least 4 members (excludes halogenated alkanes) is 3. The van der Waals surface area contributed by atoms with Gasteiger partial charge in [-0.3, -0.25) is 0 Å². The van der Waals surface area contributed by atoms with E-state index in [9.17, 15) is 0 Å². The van der Waals surface area contributed by atoms with Crippen molar-refractivity contribution in [3.8, 4) is 11.8 Å². The summed E-state index contributed by atoms with van der Waals surface area (Å²) in [5.74, 6) is 6.13. The molecule has 0 aromatic carbocycles. The number of rotatable bonds is 5. The second-order valence-corrected chi connectivity index (χ2v) is 2.32. The average molecular weight is 166 g/mol. The van der Waals surface area contributed by atoms with Crippen LogP contribution < -0.4 is 0 Å². The van der Waals surface area contributed by atoms with Crippen molar-refractivity contribution in [1.29, 1.82) is 0 Å². The van der Waals surface area contributed by atoms with Crippen molar-refractivity contribution in [3.63, 3.8) is 0 Å². The van der Waals surface area contributed by atoms with E-state index < -0.39 is 0 Å². The predicted molar refractivity (Wildman–Crippen MR) is 51.7 cm³/mol. The summed E-state index contributed by atoms with van der Waals surface area (Å²) in [4.78, 5) is 4.50. The monoisotopic (exact) mass is 166 g/mol. The molecule has 0 fully saturated rings. The van der Waals surface area contributed by atoms with Crippen molar-refractivity contribution in [2.45, 2.75) is 32.1 Å². The molecule has 0 bridgehead atoms. The fourth-order valence-corrected chi connectivity index (χ4v) is 0.654. The summed E-state index contributed by atoms with van der Waals surface area (Å²) in [5.41, 5.74) is 0. The van der Waals surface area contributed by atoms with Crippen molar-refractivity contribution < 1.29 is 4.84 Å². The van der Waals surface area contributed by atoms with Gasteiger partial charge in [-0.15, -0.1) is 11.8 Å². The van der Waals surface area contributed by atoms with Crippen molar-refractivity contribution in [2.24, 2.45) is 5.16 Å². The first kappa shape index (κ1) is 11.0. The standard InChI is InChI=1S/C10H16NO/c1-3-4-5-6-7-8-9-10-11-12-2/h10H,1,3-5,8-9H2,2H3/b11-10+. The lowest BCUT2D eigenvalue weighted by Gasteiger charge is -1.85. The van der Waals surface area contributed by atoms with Gasteiger partial charge in [-0.2, -0.15) is 0 Å². The Morgan fingerprint density at radius 3 is 2.83 bits per heavy atom. The Balaban J connectivity index is 3.15. The van der Waals surface area contributed by atoms with Crippen LogP contribution >= 0.6 is 0 Å². The molecular formula is C10H16NO. The van der Waals surface area contributed by atoms with Crippen LogP contribution in [0.25, 0.3) is 0 Å². The van der Waals surface area contributed by atoms with Gasteiger partial charge in [0.2, 0.25) is 0 Å². The van der Waals surface area contributed by atoms with Gasteiger partial charge in [0.25, 0.3) is 0 Å². The maximum Gasteiger partial charge on any atom is 0.106 e. The predicted octanol–water partition coefficient (Wildman–Crippen LogP) is 2.41. The first-order valence-electron chi connectivity index (χ1n) is 4.21. The Morgan fingerprint density at radius 2 is 2.17 bits per heavy atom. The molecule has 0 atom stereocenters. The third-order valence-corrected chi connectivity index (χ3v) is 1.26. The van der Waals surface area contributed by atoms with Crippen LogP contribution in [0.2, 0.25) is 0 Å². The molecule has 2 nitrogen and oxygen atoms in total. The summed E-state index contributed by atoms with van der Waals surface area (Å²) in [6, 6.07) is 0. The minimum atomic E-state index is 0.865. The lowest BCUT2D eigenvalue weighted by molar-refractivity contribution is 0.214. The number of oxime groups is 1. The molecule has 0 saturated carbocycles. The van der Waals surface area contributed by atoms with Gasteiger partial charge < -0.3 is 4.84 Å². The van der Waals surface area contributed by atoms with Crippen LogP contribution in [-0.4, -0.2) is 13.3 Å². The minimum Gasteiger partial charge on any atom is -0.399 e. The molecule has 0 aliphatic rings. The third kappa shape index (κ3) is 9.03. The van der Waals surface area contributed by atoms with Crippen LogP contribution in [0, 0.1) is 18.8 Å². The molecule has 0 amide bonds. The molecule has 67 valence electrons. The number of hydrogen-bond acceptors (Lipinski definition) is 2. The molecule has 0 aromatic heterocycles. The van der Waals surface area contributed by atoms with Crippen LogP contribution in [-0.2, 0) is 4.84 Å². The fourth-order valence-electron chi connectivity index (χ4n) is 0.654. The quantitative estimate of drug-likeness (QED) is 0.266. The Kier molecular flexibility index (Phi) is 9.22. The van der Waals surface area contributed by atoms with E-state index in [1.807, 2.05) is 0 Å². The van der Waals surface area contributed by atoms with E-state index >= 15 is 0 Å². The fraction of sp³-hybridized carbons (Fsp3) is 0.600. The maximum absolute atomic E-state index is 4.50. The second kappa shape index (κ2) is 10.0. The molecule has 0 unspecified atom stereocenters. The van der Waals surface area contributed by atoms with Gasteiger partial charge in [-0.05, 0) is 12.8 Å². The zero-order chi connectivity index (χ0) is 9.07. The SMILES string of the molecule is [CH2]CCCC#CCC/C=N/OC. The normalized spacial score (nSPS) is 9.50. The van der Waals surface area contributed by atoms with E-state index in [0.29, 0.717) is 0 Å². The summed E-state index contributed by atoms with van der Waals surface area (Å²) in [5, 5.41) is 3.60. The van der Waals surface area contributed by atoms with Crippen LogP contribution in [0.1, 0.15) is 32.1 Å². The van der Waals surface area contributed by atoms with Crippen molar-refractivity contribution in [2.75, 3.05) is 7.11 Å². The number of hydrogen-bond donors (Lipinski definition) is 0. The molecule has 0 aromatic rings. The van der Waals surface area contributed by atoms with Crippen LogP contribution in [0.4, 0.5) is 0 Å². The van der Waals surface area contributed by atoms with Crippen molar-refractivity contribution in [3.05, 3.63) is 6.92 Å². The van der Waals surface area contributed by atoms with Gasteiger partial charge in [0, 0.05) is 19.1 Å². The summed E-state index contributed by atoms with van der Waals surface area (Å²) < 4.78 is 0. The summed E-state index contributed by atoms with van der Waals surface area (Å²) in [6.45, 7) is 3.74. The van der Waals surface area contributed by atoms with Crippen molar-refractivity contribution >= 4 is 6.21 Å². The largest absolute Gasteiger partial charge is 0.399 e. The molecule has 2 heteroatoms. The molecule has 0 aliphatic carbocycles. The van der Waals surface area contributed by atoms with Gasteiger partial charge >= 0.3 is 0 Å². The first-order chi connectivity index (χ1) is 5.91. The summed E-state index contributed by atoms with van der Waals surface area (Å²) in [6.07, 6.45) is 6.50. The molecule has 0 saturated heterocycles. The van der Waals surface area contributed by atoms with E-state index in [-0.39, 0.29) is 0 Å². The van der Waals surface area contributed by atoms with Gasteiger partial charge in [0.15, 0.2) is 0 Å². The summed E-state index contributed by atoms with van der Waals surface area (Å²) >= 11 is 0. The van der Waals surface area contributed by atoms with Gasteiger partial charge in [0.05, 0.1) is 0 Å². The van der Waals surface area contributed by atoms with Gasteiger partial charge in [-0.25, -0.2) is 0 Å². The molecular weight excluding hydrogens is 150 g/mol. The second-order valence-electron chi connectivity index (χ2n) is 2.32. The minimum absolute atomic E-state index is 0.865. The van der Waals surface area contributed by atoms with E-state index in [1.54, 1.807) is 6.21 Å². The molecule has 0 aliphatic heterocycles. The van der Waals surface area contributed by atoms with E-state index in [1.165, 1.54) is 7.11 Å². The molecule has 0 spiro atoms. The average Bonchev–Trinajstić information content (AvgIpc) is 2.10. The zero-order valence-electron chi connectivity index (χ0n) is 7.68. The van der Waals surface area contributed by atoms with E-state index in [0.717, 1.165) is 32.1 Å². The smallest absolute Gasteiger partial charge is 0.106 e. The third-order valence-electron chi connectivity index (χ3n) is 1.26. The highest BCUT2D eigenvalue weighted by molar-refractivity contribution is 5.56. The molecule has 0 heterocycles. The van der Waals surface area contributed by atoms with Gasteiger partial charge in [0.1, 0.15) is 7.11 Å². The van der Waals surface area contributed by atoms with Gasteiger partial charge in [-0.1, -0.05) is 18.5 Å². The Bertz CT molecular complexity index is 164. The highest BCUT2D eigenvalue weighted by Gasteiger charge is 1.78. The highest BCUT2D eigenvalue weighted by Crippen LogP contribution is 1.91. The highest BCUT2D eigenvalue weighted by atomic mass is 16.6. The molecule has 0 N–H and O–H groups in total. The Hall–Kier alpha value is -0.970. The lowest BCUT2D eigenvalue weighted by atomic mass is 10.2. The Morgan fingerprint density at radius 1 is 1.42 bits per heavy atom. The van der Waals surface area contributed by atoms with Crippen LogP contribution in [0.3, 0.4) is 0 Å². The molecule has 0 rings (SSSR count). The zero-order valence-corrected chi connectivity index (χ0v) is 7.68. The lowest BCUT2D eigenvalue weighted by Crippen LogP contribution is -1.76. The summed E-state index contributed by atoms with van der Waals surface area (Å²) in [7, 11) is 1.54. The molecule has 12 heavy (non-hydrogen) atoms. The van der Waals surface area contributed by atoms with Crippen molar-refractivity contribution in [1.82, 2.24) is 0 Å². The van der Waals surface area contributed by atoms with Crippen LogP contribution in [0.15, 0.2) is 5.16 Å². The van der Waals surface area contributed by atoms with Crippen LogP contribution in [0.5, 0.6) is 0 Å². The topological polar surface area (TPSA) is 21.6 Å². The maximum atomic E-state index is 4.50.